The SMILES string of the molecule is Cc1ccc(-c2ccc(O[C@H]3CN4CCC3CC4)nn2)c(F)c1. The van der Waals surface area contributed by atoms with E-state index in [0.717, 1.165) is 12.1 Å². The zero-order valence-electron chi connectivity index (χ0n) is 13.2. The molecule has 1 aromatic heterocycles. The van der Waals surface area contributed by atoms with Crippen LogP contribution in [0.5, 0.6) is 5.88 Å². The van der Waals surface area contributed by atoms with Crippen molar-refractivity contribution in [3.63, 3.8) is 0 Å². The molecule has 120 valence electrons. The molecular weight excluding hydrogens is 293 g/mol. The average Bonchev–Trinajstić information content (AvgIpc) is 2.57. The summed E-state index contributed by atoms with van der Waals surface area (Å²) in [5, 5.41) is 8.28. The molecule has 3 fully saturated rings. The Hall–Kier alpha value is -2.01. The standard InChI is InChI=1S/C18H20FN3O/c1-12-2-3-14(15(19)10-12)16-4-5-18(21-20-16)23-17-11-22-8-6-13(17)7-9-22/h2-5,10,13,17H,6-9,11H2,1H3/t17-/m0/s1. The fourth-order valence-corrected chi connectivity index (χ4v) is 3.55. The Labute approximate surface area is 135 Å². The molecule has 0 radical (unpaired) electrons. The highest BCUT2D eigenvalue weighted by Gasteiger charge is 2.35. The van der Waals surface area contributed by atoms with Crippen molar-refractivity contribution in [2.75, 3.05) is 19.6 Å². The Kier molecular flexibility index (Phi) is 3.73. The third-order valence-electron chi connectivity index (χ3n) is 4.91. The average molecular weight is 313 g/mol. The van der Waals surface area contributed by atoms with Crippen molar-refractivity contribution in [2.45, 2.75) is 25.9 Å². The van der Waals surface area contributed by atoms with E-state index < -0.39 is 0 Å². The van der Waals surface area contributed by atoms with Crippen LogP contribution in [-0.4, -0.2) is 40.8 Å². The molecule has 3 aliphatic heterocycles. The fraction of sp³-hybridized carbons (Fsp3) is 0.444. The lowest BCUT2D eigenvalue weighted by Gasteiger charge is -2.44. The molecule has 1 aromatic carbocycles. The summed E-state index contributed by atoms with van der Waals surface area (Å²) < 4.78 is 20.0. The van der Waals surface area contributed by atoms with Gasteiger partial charge in [0.2, 0.25) is 5.88 Å². The Morgan fingerprint density at radius 1 is 1.13 bits per heavy atom. The van der Waals surface area contributed by atoms with E-state index in [1.54, 1.807) is 18.2 Å². The van der Waals surface area contributed by atoms with Crippen LogP contribution in [0.4, 0.5) is 4.39 Å². The van der Waals surface area contributed by atoms with Crippen molar-refractivity contribution in [1.82, 2.24) is 15.1 Å². The molecule has 4 heterocycles. The van der Waals surface area contributed by atoms with Crippen molar-refractivity contribution in [1.29, 1.82) is 0 Å². The Balaban J connectivity index is 1.50. The molecule has 2 bridgehead atoms. The van der Waals surface area contributed by atoms with Gasteiger partial charge in [-0.2, -0.15) is 0 Å². The van der Waals surface area contributed by atoms with Crippen molar-refractivity contribution >= 4 is 0 Å². The van der Waals surface area contributed by atoms with E-state index in [2.05, 4.69) is 15.1 Å². The molecule has 3 aliphatic rings. The van der Waals surface area contributed by atoms with Crippen molar-refractivity contribution in [2.24, 2.45) is 5.92 Å². The maximum Gasteiger partial charge on any atom is 0.233 e. The largest absolute Gasteiger partial charge is 0.472 e. The fourth-order valence-electron chi connectivity index (χ4n) is 3.55. The van der Waals surface area contributed by atoms with Crippen molar-refractivity contribution in [3.8, 4) is 17.1 Å². The molecule has 0 saturated carbocycles. The van der Waals surface area contributed by atoms with E-state index in [0.29, 0.717) is 23.1 Å². The normalized spacial score (nSPS) is 26.3. The van der Waals surface area contributed by atoms with Gasteiger partial charge in [-0.25, -0.2) is 4.39 Å². The van der Waals surface area contributed by atoms with Gasteiger partial charge in [-0.3, -0.25) is 4.90 Å². The number of rotatable bonds is 3. The highest BCUT2D eigenvalue weighted by molar-refractivity contribution is 5.59. The summed E-state index contributed by atoms with van der Waals surface area (Å²) in [6, 6.07) is 8.69. The Morgan fingerprint density at radius 2 is 1.96 bits per heavy atom. The van der Waals surface area contributed by atoms with Gasteiger partial charge in [0.25, 0.3) is 0 Å². The van der Waals surface area contributed by atoms with E-state index in [9.17, 15) is 4.39 Å². The summed E-state index contributed by atoms with van der Waals surface area (Å²) in [5.74, 6) is 0.876. The Morgan fingerprint density at radius 3 is 2.57 bits per heavy atom. The molecule has 2 aromatic rings. The van der Waals surface area contributed by atoms with Crippen LogP contribution in [0.2, 0.25) is 0 Å². The number of hydrogen-bond acceptors (Lipinski definition) is 4. The maximum absolute atomic E-state index is 14.0. The van der Waals surface area contributed by atoms with E-state index in [1.165, 1.54) is 32.0 Å². The van der Waals surface area contributed by atoms with Crippen LogP contribution in [0.25, 0.3) is 11.3 Å². The van der Waals surface area contributed by atoms with Crippen LogP contribution in [0.15, 0.2) is 30.3 Å². The van der Waals surface area contributed by atoms with E-state index in [1.807, 2.05) is 13.0 Å². The first-order chi connectivity index (χ1) is 11.2. The highest BCUT2D eigenvalue weighted by atomic mass is 19.1. The van der Waals surface area contributed by atoms with E-state index in [-0.39, 0.29) is 11.9 Å². The molecule has 0 aliphatic carbocycles. The minimum atomic E-state index is -0.273. The first-order valence-corrected chi connectivity index (χ1v) is 8.18. The smallest absolute Gasteiger partial charge is 0.233 e. The number of ether oxygens (including phenoxy) is 1. The van der Waals surface area contributed by atoms with Gasteiger partial charge in [0, 0.05) is 18.2 Å². The van der Waals surface area contributed by atoms with Gasteiger partial charge in [-0.15, -0.1) is 10.2 Å². The third-order valence-corrected chi connectivity index (χ3v) is 4.91. The molecule has 5 rings (SSSR count). The van der Waals surface area contributed by atoms with E-state index in [4.69, 9.17) is 4.74 Å². The third kappa shape index (κ3) is 2.93. The van der Waals surface area contributed by atoms with Gasteiger partial charge >= 0.3 is 0 Å². The van der Waals surface area contributed by atoms with Crippen molar-refractivity contribution in [3.05, 3.63) is 41.7 Å². The molecule has 0 unspecified atom stereocenters. The first-order valence-electron chi connectivity index (χ1n) is 8.18. The molecule has 0 amide bonds. The molecule has 3 saturated heterocycles. The Bertz CT molecular complexity index is 696. The summed E-state index contributed by atoms with van der Waals surface area (Å²) in [6.45, 7) is 5.20. The minimum absolute atomic E-state index is 0.203. The van der Waals surface area contributed by atoms with Crippen molar-refractivity contribution < 1.29 is 9.13 Å². The van der Waals surface area contributed by atoms with Gasteiger partial charge in [-0.05, 0) is 62.5 Å². The number of halogens is 1. The quantitative estimate of drug-likeness (QED) is 0.873. The second-order valence-electron chi connectivity index (χ2n) is 6.53. The van der Waals surface area contributed by atoms with E-state index >= 15 is 0 Å². The summed E-state index contributed by atoms with van der Waals surface area (Å²) >= 11 is 0. The molecule has 4 nitrogen and oxygen atoms in total. The predicted octanol–water partition coefficient (Wildman–Crippen LogP) is 3.06. The second-order valence-corrected chi connectivity index (χ2v) is 6.53. The molecule has 1 atom stereocenters. The lowest BCUT2D eigenvalue weighted by molar-refractivity contribution is -0.0103. The zero-order valence-corrected chi connectivity index (χ0v) is 13.2. The molecule has 5 heteroatoms. The van der Waals surface area contributed by atoms with Gasteiger partial charge in [-0.1, -0.05) is 6.07 Å². The number of benzene rings is 1. The molecule has 0 N–H and O–H groups in total. The van der Waals surface area contributed by atoms with Crippen LogP contribution in [0.3, 0.4) is 0 Å². The summed E-state index contributed by atoms with van der Waals surface area (Å²) in [6.07, 6.45) is 2.60. The predicted molar refractivity (Wildman–Crippen MR) is 85.7 cm³/mol. The number of nitrogens with zero attached hydrogens (tertiary/aromatic N) is 3. The summed E-state index contributed by atoms with van der Waals surface area (Å²) in [4.78, 5) is 2.44. The monoisotopic (exact) mass is 313 g/mol. The highest BCUT2D eigenvalue weighted by Crippen LogP contribution is 2.30. The van der Waals surface area contributed by atoms with Crippen LogP contribution < -0.4 is 4.74 Å². The van der Waals surface area contributed by atoms with Gasteiger partial charge < -0.3 is 4.74 Å². The summed E-state index contributed by atoms with van der Waals surface area (Å²) in [7, 11) is 0. The van der Waals surface area contributed by atoms with Crippen LogP contribution in [0, 0.1) is 18.7 Å². The maximum atomic E-state index is 14.0. The minimum Gasteiger partial charge on any atom is -0.472 e. The molecular formula is C18H20FN3O. The van der Waals surface area contributed by atoms with Gasteiger partial charge in [0.15, 0.2) is 0 Å². The number of piperidine rings is 3. The van der Waals surface area contributed by atoms with Crippen LogP contribution in [0.1, 0.15) is 18.4 Å². The van der Waals surface area contributed by atoms with Crippen LogP contribution >= 0.6 is 0 Å². The lowest BCUT2D eigenvalue weighted by Crippen LogP contribution is -2.52. The number of fused-ring (bicyclic) bond motifs is 3. The second kappa shape index (κ2) is 5.89. The van der Waals surface area contributed by atoms with Gasteiger partial charge in [0.1, 0.15) is 11.9 Å². The summed E-state index contributed by atoms with van der Waals surface area (Å²) in [5.41, 5.74) is 1.89. The zero-order chi connectivity index (χ0) is 15.8. The lowest BCUT2D eigenvalue weighted by atomic mass is 9.86. The topological polar surface area (TPSA) is 38.2 Å². The first kappa shape index (κ1) is 14.6. The molecule has 23 heavy (non-hydrogen) atoms. The number of aromatic nitrogens is 2. The number of hydrogen-bond donors (Lipinski definition) is 0. The number of aryl methyl sites for hydroxylation is 1. The molecule has 0 spiro atoms. The van der Waals surface area contributed by atoms with Gasteiger partial charge in [0.05, 0.1) is 5.69 Å². The van der Waals surface area contributed by atoms with Crippen LogP contribution in [-0.2, 0) is 0 Å².